The molecule has 1 saturated carbocycles. The zero-order valence-electron chi connectivity index (χ0n) is 16.7. The van der Waals surface area contributed by atoms with Gasteiger partial charge in [0.25, 0.3) is 0 Å². The predicted molar refractivity (Wildman–Crippen MR) is 107 cm³/mol. The van der Waals surface area contributed by atoms with E-state index in [2.05, 4.69) is 32.0 Å². The second-order valence-corrected chi connectivity index (χ2v) is 8.50. The first kappa shape index (κ1) is 18.6. The predicted octanol–water partition coefficient (Wildman–Crippen LogP) is 4.28. The van der Waals surface area contributed by atoms with E-state index >= 15 is 0 Å². The van der Waals surface area contributed by atoms with Crippen molar-refractivity contribution in [3.8, 4) is 11.5 Å². The number of aliphatic hydroxyl groups is 2. The molecule has 5 atom stereocenters. The van der Waals surface area contributed by atoms with Gasteiger partial charge in [0, 0.05) is 21.9 Å². The van der Waals surface area contributed by atoms with E-state index in [1.165, 1.54) is 29.5 Å². The van der Waals surface area contributed by atoms with Crippen LogP contribution in [0.4, 0.5) is 0 Å². The van der Waals surface area contributed by atoms with Crippen LogP contribution in [-0.4, -0.2) is 35.6 Å². The van der Waals surface area contributed by atoms with E-state index in [1.807, 2.05) is 0 Å². The molecule has 4 heteroatoms. The zero-order valence-corrected chi connectivity index (χ0v) is 16.7. The van der Waals surface area contributed by atoms with Gasteiger partial charge >= 0.3 is 0 Å². The molecule has 2 aliphatic carbocycles. The van der Waals surface area contributed by atoms with Crippen LogP contribution in [0.25, 0.3) is 10.8 Å². The fourth-order valence-corrected chi connectivity index (χ4v) is 5.01. The van der Waals surface area contributed by atoms with E-state index in [9.17, 15) is 10.2 Å². The molecule has 27 heavy (non-hydrogen) atoms. The van der Waals surface area contributed by atoms with Crippen LogP contribution in [0.5, 0.6) is 11.5 Å². The van der Waals surface area contributed by atoms with Crippen molar-refractivity contribution in [1.82, 2.24) is 0 Å². The van der Waals surface area contributed by atoms with Gasteiger partial charge in [-0.2, -0.15) is 0 Å². The minimum absolute atomic E-state index is 0.287. The summed E-state index contributed by atoms with van der Waals surface area (Å²) in [7, 11) is 0. The Morgan fingerprint density at radius 3 is 1.96 bits per heavy atom. The minimum Gasteiger partial charge on any atom is -0.490 e. The molecule has 4 rings (SSSR count). The van der Waals surface area contributed by atoms with E-state index in [1.54, 1.807) is 13.8 Å². The number of rotatable bonds is 6. The molecule has 0 amide bonds. The monoisotopic (exact) mass is 370 g/mol. The molecule has 146 valence electrons. The Hall–Kier alpha value is -1.78. The van der Waals surface area contributed by atoms with Gasteiger partial charge in [-0.15, -0.1) is 0 Å². The van der Waals surface area contributed by atoms with Crippen LogP contribution in [0.3, 0.4) is 0 Å². The first-order valence-electron chi connectivity index (χ1n) is 10.1. The van der Waals surface area contributed by atoms with Crippen LogP contribution in [0.2, 0.25) is 0 Å². The fraction of sp³-hybridized carbons (Fsp3) is 0.565. The number of ether oxygens (including phenoxy) is 2. The Labute approximate surface area is 161 Å². The van der Waals surface area contributed by atoms with Gasteiger partial charge in [0.15, 0.2) is 0 Å². The van der Waals surface area contributed by atoms with Gasteiger partial charge in [0.05, 0.1) is 12.2 Å². The third kappa shape index (κ3) is 3.09. The molecule has 0 aromatic heterocycles. The van der Waals surface area contributed by atoms with Crippen LogP contribution in [0.1, 0.15) is 62.1 Å². The number of hydrogen-bond acceptors (Lipinski definition) is 4. The number of aliphatic hydroxyl groups excluding tert-OH is 2. The van der Waals surface area contributed by atoms with E-state index in [-0.39, 0.29) is 13.2 Å². The first-order valence-corrected chi connectivity index (χ1v) is 10.1. The van der Waals surface area contributed by atoms with Crippen molar-refractivity contribution in [3.05, 3.63) is 34.9 Å². The van der Waals surface area contributed by atoms with Crippen molar-refractivity contribution in [2.75, 3.05) is 13.2 Å². The molecule has 0 aliphatic heterocycles. The summed E-state index contributed by atoms with van der Waals surface area (Å²) in [5.74, 6) is 3.37. The molecule has 2 aliphatic rings. The summed E-state index contributed by atoms with van der Waals surface area (Å²) in [5, 5.41) is 21.7. The number of fused-ring (bicyclic) bond motifs is 6. The van der Waals surface area contributed by atoms with E-state index in [4.69, 9.17) is 9.47 Å². The van der Waals surface area contributed by atoms with Gasteiger partial charge in [0.1, 0.15) is 24.7 Å². The molecule has 2 bridgehead atoms. The van der Waals surface area contributed by atoms with Crippen molar-refractivity contribution in [1.29, 1.82) is 0 Å². The number of hydrogen-bond donors (Lipinski definition) is 2. The van der Waals surface area contributed by atoms with Crippen molar-refractivity contribution in [3.63, 3.8) is 0 Å². The standard InChI is InChI=1S/C23H30O4/c1-12-5-6-18-19(9-12)23(27-11-14(3)25)21-17-8-7-16(15(17)4)20(21)22(18)26-10-13(2)24/h5-6,9,13-17,24-25H,7-8,10-11H2,1-4H3. The number of aryl methyl sites for hydroxylation is 1. The molecule has 0 saturated heterocycles. The van der Waals surface area contributed by atoms with Gasteiger partial charge in [-0.3, -0.25) is 0 Å². The molecule has 1 fully saturated rings. The number of benzene rings is 2. The van der Waals surface area contributed by atoms with E-state index < -0.39 is 12.2 Å². The summed E-state index contributed by atoms with van der Waals surface area (Å²) in [6.07, 6.45) is 1.33. The van der Waals surface area contributed by atoms with E-state index in [0.717, 1.165) is 22.3 Å². The van der Waals surface area contributed by atoms with Gasteiger partial charge in [-0.1, -0.05) is 24.6 Å². The van der Waals surface area contributed by atoms with Crippen molar-refractivity contribution in [2.24, 2.45) is 5.92 Å². The topological polar surface area (TPSA) is 58.9 Å². The summed E-state index contributed by atoms with van der Waals surface area (Å²) in [4.78, 5) is 0. The highest BCUT2D eigenvalue weighted by Crippen LogP contribution is 2.63. The summed E-state index contributed by atoms with van der Waals surface area (Å²) in [5.41, 5.74) is 3.72. The Morgan fingerprint density at radius 1 is 0.926 bits per heavy atom. The van der Waals surface area contributed by atoms with Crippen LogP contribution in [0, 0.1) is 12.8 Å². The maximum absolute atomic E-state index is 9.80. The van der Waals surface area contributed by atoms with Gasteiger partial charge in [-0.05, 0) is 57.4 Å². The Balaban J connectivity index is 1.96. The van der Waals surface area contributed by atoms with Gasteiger partial charge in [-0.25, -0.2) is 0 Å². The summed E-state index contributed by atoms with van der Waals surface area (Å²) >= 11 is 0. The first-order chi connectivity index (χ1) is 12.9. The van der Waals surface area contributed by atoms with Crippen molar-refractivity contribution in [2.45, 2.75) is 64.6 Å². The van der Waals surface area contributed by atoms with E-state index in [0.29, 0.717) is 17.8 Å². The minimum atomic E-state index is -0.511. The molecule has 0 radical (unpaired) electrons. The second kappa shape index (κ2) is 6.99. The van der Waals surface area contributed by atoms with Crippen molar-refractivity contribution >= 4 is 10.8 Å². The highest BCUT2D eigenvalue weighted by molar-refractivity contribution is 5.97. The fourth-order valence-electron chi connectivity index (χ4n) is 5.01. The molecule has 2 aromatic rings. The maximum Gasteiger partial charge on any atom is 0.131 e. The molecule has 4 nitrogen and oxygen atoms in total. The maximum atomic E-state index is 9.80. The van der Waals surface area contributed by atoms with Gasteiger partial charge < -0.3 is 19.7 Å². The molecule has 0 heterocycles. The van der Waals surface area contributed by atoms with Gasteiger partial charge in [0.2, 0.25) is 0 Å². The SMILES string of the molecule is Cc1ccc2c(OCC(C)O)c3c(c(OCC(C)O)c2c1)C1CCC3C1C. The van der Waals surface area contributed by atoms with Crippen LogP contribution in [-0.2, 0) is 0 Å². The molecule has 2 N–H and O–H groups in total. The Kier molecular flexibility index (Phi) is 4.81. The molecular weight excluding hydrogens is 340 g/mol. The average Bonchev–Trinajstić information content (AvgIpc) is 3.10. The lowest BCUT2D eigenvalue weighted by Crippen LogP contribution is -2.17. The summed E-state index contributed by atoms with van der Waals surface area (Å²) in [6, 6.07) is 6.35. The molecule has 2 aromatic carbocycles. The lowest BCUT2D eigenvalue weighted by atomic mass is 9.87. The summed E-state index contributed by atoms with van der Waals surface area (Å²) in [6.45, 7) is 8.49. The normalized spacial score (nSPS) is 25.5. The average molecular weight is 370 g/mol. The zero-order chi connectivity index (χ0) is 19.3. The van der Waals surface area contributed by atoms with Crippen LogP contribution >= 0.6 is 0 Å². The molecule has 5 unspecified atom stereocenters. The third-order valence-corrected chi connectivity index (χ3v) is 6.18. The highest BCUT2D eigenvalue weighted by Gasteiger charge is 2.47. The lowest BCUT2D eigenvalue weighted by molar-refractivity contribution is 0.120. The molecule has 0 spiro atoms. The third-order valence-electron chi connectivity index (χ3n) is 6.18. The second-order valence-electron chi connectivity index (χ2n) is 8.50. The Bertz CT molecular complexity index is 855. The van der Waals surface area contributed by atoms with Crippen molar-refractivity contribution < 1.29 is 19.7 Å². The Morgan fingerprint density at radius 2 is 1.44 bits per heavy atom. The quantitative estimate of drug-likeness (QED) is 0.797. The van der Waals surface area contributed by atoms with Crippen LogP contribution in [0.15, 0.2) is 18.2 Å². The van der Waals surface area contributed by atoms with Crippen LogP contribution < -0.4 is 9.47 Å². The molecular formula is C23H30O4. The largest absolute Gasteiger partial charge is 0.490 e. The smallest absolute Gasteiger partial charge is 0.131 e. The highest BCUT2D eigenvalue weighted by atomic mass is 16.5. The lowest BCUT2D eigenvalue weighted by Gasteiger charge is -2.26. The summed E-state index contributed by atoms with van der Waals surface area (Å²) < 4.78 is 12.4.